The van der Waals surface area contributed by atoms with E-state index in [0.717, 1.165) is 17.7 Å². The normalized spacial score (nSPS) is 16.1. The van der Waals surface area contributed by atoms with E-state index in [2.05, 4.69) is 12.2 Å². The highest BCUT2D eigenvalue weighted by Crippen LogP contribution is 2.35. The minimum atomic E-state index is -0.132. The van der Waals surface area contributed by atoms with Crippen LogP contribution in [0, 0.1) is 0 Å². The number of ketones is 1. The maximum atomic E-state index is 12.9. The molecular formula is C18H19NO2. The van der Waals surface area contributed by atoms with Crippen LogP contribution in [0.1, 0.15) is 35.2 Å². The summed E-state index contributed by atoms with van der Waals surface area (Å²) < 4.78 is 5.71. The monoisotopic (exact) mass is 281 g/mol. The Morgan fingerprint density at radius 2 is 1.95 bits per heavy atom. The molecule has 0 amide bonds. The molecule has 108 valence electrons. The number of ether oxygens (including phenoxy) is 1. The standard InChI is InChI=1S/C18H19NO2/c1-2-11-21-17-10-6-4-8-14(17)18(20)15-12-19-16-9-5-3-7-13(15)16/h3-10,15,19H,2,11-12H2,1H3. The molecule has 1 unspecified atom stereocenters. The Kier molecular flexibility index (Phi) is 3.91. The van der Waals surface area contributed by atoms with Gasteiger partial charge in [-0.25, -0.2) is 0 Å². The van der Waals surface area contributed by atoms with E-state index in [1.807, 2.05) is 48.5 Å². The Bertz CT molecular complexity index is 651. The Morgan fingerprint density at radius 1 is 1.19 bits per heavy atom. The van der Waals surface area contributed by atoms with Crippen molar-refractivity contribution in [2.75, 3.05) is 18.5 Å². The second kappa shape index (κ2) is 6.00. The zero-order valence-electron chi connectivity index (χ0n) is 12.1. The van der Waals surface area contributed by atoms with E-state index < -0.39 is 0 Å². The van der Waals surface area contributed by atoms with Crippen molar-refractivity contribution < 1.29 is 9.53 Å². The van der Waals surface area contributed by atoms with E-state index in [1.54, 1.807) is 0 Å². The number of benzene rings is 2. The van der Waals surface area contributed by atoms with Crippen molar-refractivity contribution in [1.82, 2.24) is 0 Å². The molecule has 0 aromatic heterocycles. The average Bonchev–Trinajstić information content (AvgIpc) is 2.96. The first kappa shape index (κ1) is 13.7. The van der Waals surface area contributed by atoms with Gasteiger partial charge in [0.05, 0.1) is 18.1 Å². The van der Waals surface area contributed by atoms with E-state index in [1.165, 1.54) is 0 Å². The summed E-state index contributed by atoms with van der Waals surface area (Å²) in [6.07, 6.45) is 0.927. The highest BCUT2D eigenvalue weighted by atomic mass is 16.5. The number of para-hydroxylation sites is 2. The van der Waals surface area contributed by atoms with Crippen LogP contribution in [0.5, 0.6) is 5.75 Å². The van der Waals surface area contributed by atoms with Gasteiger partial charge in [-0.05, 0) is 30.2 Å². The quantitative estimate of drug-likeness (QED) is 0.846. The summed E-state index contributed by atoms with van der Waals surface area (Å²) in [5.41, 5.74) is 2.81. The number of hydrogen-bond acceptors (Lipinski definition) is 3. The summed E-state index contributed by atoms with van der Waals surface area (Å²) in [7, 11) is 0. The van der Waals surface area contributed by atoms with Gasteiger partial charge in [0, 0.05) is 12.2 Å². The van der Waals surface area contributed by atoms with E-state index in [-0.39, 0.29) is 11.7 Å². The molecule has 0 fully saturated rings. The lowest BCUT2D eigenvalue weighted by atomic mass is 9.92. The van der Waals surface area contributed by atoms with Crippen LogP contribution in [-0.4, -0.2) is 18.9 Å². The molecule has 0 spiro atoms. The van der Waals surface area contributed by atoms with E-state index in [9.17, 15) is 4.79 Å². The third kappa shape index (κ3) is 2.64. The molecule has 1 aliphatic heterocycles. The molecule has 1 N–H and O–H groups in total. The van der Waals surface area contributed by atoms with Crippen LogP contribution in [0.4, 0.5) is 5.69 Å². The first-order valence-electron chi connectivity index (χ1n) is 7.40. The van der Waals surface area contributed by atoms with Crippen LogP contribution in [0.15, 0.2) is 48.5 Å². The molecule has 0 bridgehead atoms. The van der Waals surface area contributed by atoms with Gasteiger partial charge in [-0.3, -0.25) is 4.79 Å². The molecule has 0 saturated heterocycles. The zero-order chi connectivity index (χ0) is 14.7. The van der Waals surface area contributed by atoms with Crippen LogP contribution in [-0.2, 0) is 0 Å². The van der Waals surface area contributed by atoms with Crippen LogP contribution in [0.25, 0.3) is 0 Å². The summed E-state index contributed by atoms with van der Waals surface area (Å²) in [6.45, 7) is 3.34. The number of carbonyl (C=O) groups excluding carboxylic acids is 1. The first-order chi connectivity index (χ1) is 10.3. The lowest BCUT2D eigenvalue weighted by Gasteiger charge is -2.13. The maximum Gasteiger partial charge on any atom is 0.175 e. The highest BCUT2D eigenvalue weighted by molar-refractivity contribution is 6.05. The van der Waals surface area contributed by atoms with E-state index in [0.29, 0.717) is 24.5 Å². The van der Waals surface area contributed by atoms with Crippen molar-refractivity contribution in [2.24, 2.45) is 0 Å². The second-order valence-corrected chi connectivity index (χ2v) is 5.23. The second-order valence-electron chi connectivity index (χ2n) is 5.23. The van der Waals surface area contributed by atoms with Gasteiger partial charge >= 0.3 is 0 Å². The van der Waals surface area contributed by atoms with Crippen LogP contribution < -0.4 is 10.1 Å². The number of carbonyl (C=O) groups is 1. The number of anilines is 1. The molecule has 2 aromatic rings. The van der Waals surface area contributed by atoms with Gasteiger partial charge in [-0.1, -0.05) is 37.3 Å². The van der Waals surface area contributed by atoms with Gasteiger partial charge in [-0.15, -0.1) is 0 Å². The van der Waals surface area contributed by atoms with Gasteiger partial charge in [0.2, 0.25) is 0 Å². The summed E-state index contributed by atoms with van der Waals surface area (Å²) >= 11 is 0. The molecule has 3 rings (SSSR count). The van der Waals surface area contributed by atoms with Crippen molar-refractivity contribution in [2.45, 2.75) is 19.3 Å². The predicted octanol–water partition coefficient (Wildman–Crippen LogP) is 3.87. The molecule has 3 heteroatoms. The fraction of sp³-hybridized carbons (Fsp3) is 0.278. The highest BCUT2D eigenvalue weighted by Gasteiger charge is 2.30. The summed E-state index contributed by atoms with van der Waals surface area (Å²) in [6, 6.07) is 15.5. The summed E-state index contributed by atoms with van der Waals surface area (Å²) in [5.74, 6) is 0.681. The van der Waals surface area contributed by atoms with Crippen molar-refractivity contribution in [3.05, 3.63) is 59.7 Å². The molecule has 1 heterocycles. The first-order valence-corrected chi connectivity index (χ1v) is 7.40. The largest absolute Gasteiger partial charge is 0.493 e. The number of fused-ring (bicyclic) bond motifs is 1. The molecule has 21 heavy (non-hydrogen) atoms. The van der Waals surface area contributed by atoms with Crippen molar-refractivity contribution in [3.63, 3.8) is 0 Å². The fourth-order valence-electron chi connectivity index (χ4n) is 2.71. The number of hydrogen-bond donors (Lipinski definition) is 1. The molecule has 3 nitrogen and oxygen atoms in total. The average molecular weight is 281 g/mol. The minimum absolute atomic E-state index is 0.124. The van der Waals surface area contributed by atoms with Crippen molar-refractivity contribution in [3.8, 4) is 5.75 Å². The predicted molar refractivity (Wildman–Crippen MR) is 84.2 cm³/mol. The Morgan fingerprint density at radius 3 is 2.81 bits per heavy atom. The van der Waals surface area contributed by atoms with Crippen LogP contribution in [0.2, 0.25) is 0 Å². The number of Topliss-reactive ketones (excluding diaryl/α,β-unsaturated/α-hetero) is 1. The van der Waals surface area contributed by atoms with Gasteiger partial charge in [0.15, 0.2) is 5.78 Å². The smallest absolute Gasteiger partial charge is 0.175 e. The minimum Gasteiger partial charge on any atom is -0.493 e. The van der Waals surface area contributed by atoms with Gasteiger partial charge in [0.1, 0.15) is 5.75 Å². The SMILES string of the molecule is CCCOc1ccccc1C(=O)C1CNc2ccccc21. The topological polar surface area (TPSA) is 38.3 Å². The molecule has 2 aromatic carbocycles. The molecule has 0 aliphatic carbocycles. The van der Waals surface area contributed by atoms with Crippen molar-refractivity contribution in [1.29, 1.82) is 0 Å². The van der Waals surface area contributed by atoms with Gasteiger partial charge in [0.25, 0.3) is 0 Å². The van der Waals surface area contributed by atoms with Crippen molar-refractivity contribution >= 4 is 11.5 Å². The third-order valence-corrected chi connectivity index (χ3v) is 3.76. The van der Waals surface area contributed by atoms with E-state index in [4.69, 9.17) is 4.74 Å². The molecule has 0 saturated carbocycles. The fourth-order valence-corrected chi connectivity index (χ4v) is 2.71. The number of nitrogens with one attached hydrogen (secondary N) is 1. The Balaban J connectivity index is 1.90. The summed E-state index contributed by atoms with van der Waals surface area (Å²) in [4.78, 5) is 12.9. The Labute approximate surface area is 124 Å². The zero-order valence-corrected chi connectivity index (χ0v) is 12.1. The van der Waals surface area contributed by atoms with Gasteiger partial charge in [-0.2, -0.15) is 0 Å². The summed E-state index contributed by atoms with van der Waals surface area (Å²) in [5, 5.41) is 3.30. The van der Waals surface area contributed by atoms with Crippen LogP contribution in [0.3, 0.4) is 0 Å². The molecular weight excluding hydrogens is 262 g/mol. The molecule has 1 atom stereocenters. The Hall–Kier alpha value is -2.29. The number of rotatable bonds is 5. The maximum absolute atomic E-state index is 12.9. The van der Waals surface area contributed by atoms with Gasteiger partial charge < -0.3 is 10.1 Å². The van der Waals surface area contributed by atoms with E-state index >= 15 is 0 Å². The third-order valence-electron chi connectivity index (χ3n) is 3.76. The lowest BCUT2D eigenvalue weighted by molar-refractivity contribution is 0.0962. The molecule has 1 aliphatic rings. The van der Waals surface area contributed by atoms with Crippen LogP contribution >= 0.6 is 0 Å². The lowest BCUT2D eigenvalue weighted by Crippen LogP contribution is -2.16. The molecule has 0 radical (unpaired) electrons.